The van der Waals surface area contributed by atoms with E-state index < -0.39 is 11.9 Å². The van der Waals surface area contributed by atoms with Crippen molar-refractivity contribution in [2.75, 3.05) is 33.4 Å². The Hall–Kier alpha value is -2.53. The second-order valence-corrected chi connectivity index (χ2v) is 6.37. The molecule has 0 amide bonds. The van der Waals surface area contributed by atoms with Crippen molar-refractivity contribution in [3.63, 3.8) is 0 Å². The molecule has 0 heterocycles. The first-order chi connectivity index (χ1) is 13.1. The largest absolute Gasteiger partial charge is 0.493 e. The molecule has 2 aromatic rings. The molecule has 0 saturated heterocycles. The van der Waals surface area contributed by atoms with Gasteiger partial charge in [0.2, 0.25) is 0 Å². The number of methoxy groups -OCH3 is 1. The number of aliphatic carboxylic acids is 1. The topological polar surface area (TPSA) is 59.0 Å². The van der Waals surface area contributed by atoms with Crippen molar-refractivity contribution in [2.45, 2.75) is 26.2 Å². The van der Waals surface area contributed by atoms with E-state index in [2.05, 4.69) is 18.7 Å². The van der Waals surface area contributed by atoms with Crippen molar-refractivity contribution in [3.05, 3.63) is 59.7 Å². The minimum absolute atomic E-state index is 0.399. The Kier molecular flexibility index (Phi) is 8.14. The summed E-state index contributed by atoms with van der Waals surface area (Å²) in [7, 11) is 1.61. The molecule has 27 heavy (non-hydrogen) atoms. The number of nitrogens with zero attached hydrogens (tertiary/aromatic N) is 1. The zero-order chi connectivity index (χ0) is 19.6. The van der Waals surface area contributed by atoms with Crippen LogP contribution < -0.4 is 9.47 Å². The van der Waals surface area contributed by atoms with Gasteiger partial charge in [-0.3, -0.25) is 4.79 Å². The summed E-state index contributed by atoms with van der Waals surface area (Å²) in [6.07, 6.45) is 0.399. The molecule has 5 nitrogen and oxygen atoms in total. The number of rotatable bonds is 11. The third kappa shape index (κ3) is 6.00. The van der Waals surface area contributed by atoms with Gasteiger partial charge in [0.15, 0.2) is 11.5 Å². The molecule has 0 aliphatic heterocycles. The SMILES string of the molecule is CCN(CC)CCOc1cc(CC(C(=O)O)c2ccccc2)ccc1OC. The van der Waals surface area contributed by atoms with Gasteiger partial charge in [-0.15, -0.1) is 0 Å². The number of hydrogen-bond acceptors (Lipinski definition) is 4. The molecular formula is C22H29NO4. The van der Waals surface area contributed by atoms with Crippen LogP contribution in [0.4, 0.5) is 0 Å². The van der Waals surface area contributed by atoms with Crippen LogP contribution in [0.5, 0.6) is 11.5 Å². The maximum Gasteiger partial charge on any atom is 0.311 e. The van der Waals surface area contributed by atoms with E-state index in [4.69, 9.17) is 9.47 Å². The first-order valence-electron chi connectivity index (χ1n) is 9.38. The van der Waals surface area contributed by atoms with E-state index >= 15 is 0 Å². The molecule has 5 heteroatoms. The first kappa shape index (κ1) is 20.8. The van der Waals surface area contributed by atoms with Crippen molar-refractivity contribution in [2.24, 2.45) is 0 Å². The fourth-order valence-electron chi connectivity index (χ4n) is 3.05. The van der Waals surface area contributed by atoms with Crippen molar-refractivity contribution in [3.8, 4) is 11.5 Å². The van der Waals surface area contributed by atoms with Crippen molar-refractivity contribution < 1.29 is 19.4 Å². The summed E-state index contributed by atoms with van der Waals surface area (Å²) in [5, 5.41) is 9.65. The van der Waals surface area contributed by atoms with E-state index in [1.165, 1.54) is 0 Å². The second-order valence-electron chi connectivity index (χ2n) is 6.37. The van der Waals surface area contributed by atoms with Crippen LogP contribution in [0.1, 0.15) is 30.9 Å². The fraction of sp³-hybridized carbons (Fsp3) is 0.409. The van der Waals surface area contributed by atoms with E-state index in [1.54, 1.807) is 7.11 Å². The Labute approximate surface area is 161 Å². The summed E-state index contributed by atoms with van der Waals surface area (Å²) in [6.45, 7) is 7.61. The number of carboxylic acid groups (broad SMARTS) is 1. The molecule has 0 aliphatic carbocycles. The van der Waals surface area contributed by atoms with Crippen molar-refractivity contribution >= 4 is 5.97 Å². The number of hydrogen-bond donors (Lipinski definition) is 1. The molecule has 0 spiro atoms. The molecule has 0 aliphatic rings. The van der Waals surface area contributed by atoms with Gasteiger partial charge in [0.05, 0.1) is 13.0 Å². The zero-order valence-electron chi connectivity index (χ0n) is 16.4. The average molecular weight is 371 g/mol. The smallest absolute Gasteiger partial charge is 0.311 e. The Morgan fingerprint density at radius 2 is 1.78 bits per heavy atom. The number of ether oxygens (including phenoxy) is 2. The predicted molar refractivity (Wildman–Crippen MR) is 107 cm³/mol. The fourth-order valence-corrected chi connectivity index (χ4v) is 3.05. The van der Waals surface area contributed by atoms with E-state index in [0.29, 0.717) is 24.5 Å². The van der Waals surface area contributed by atoms with Gasteiger partial charge in [0.1, 0.15) is 6.61 Å². The number of likely N-dealkylation sites (N-methyl/N-ethyl adjacent to an activating group) is 1. The monoisotopic (exact) mass is 371 g/mol. The lowest BCUT2D eigenvalue weighted by Gasteiger charge is -2.19. The van der Waals surface area contributed by atoms with Crippen LogP contribution >= 0.6 is 0 Å². The lowest BCUT2D eigenvalue weighted by atomic mass is 9.92. The highest BCUT2D eigenvalue weighted by Gasteiger charge is 2.21. The van der Waals surface area contributed by atoms with Crippen molar-refractivity contribution in [1.29, 1.82) is 0 Å². The summed E-state index contributed by atoms with van der Waals surface area (Å²) in [6, 6.07) is 14.9. The molecule has 146 valence electrons. The summed E-state index contributed by atoms with van der Waals surface area (Å²) in [5.41, 5.74) is 1.70. The highest BCUT2D eigenvalue weighted by Crippen LogP contribution is 2.30. The Morgan fingerprint density at radius 3 is 2.37 bits per heavy atom. The molecule has 0 aromatic heterocycles. The van der Waals surface area contributed by atoms with Gasteiger partial charge in [-0.1, -0.05) is 50.2 Å². The summed E-state index contributed by atoms with van der Waals surface area (Å²) in [4.78, 5) is 14.0. The minimum atomic E-state index is -0.832. The third-order valence-corrected chi connectivity index (χ3v) is 4.73. The molecular weight excluding hydrogens is 342 g/mol. The highest BCUT2D eigenvalue weighted by atomic mass is 16.5. The van der Waals surface area contributed by atoms with Gasteiger partial charge in [0, 0.05) is 6.54 Å². The molecule has 0 bridgehead atoms. The Bertz CT molecular complexity index is 714. The van der Waals surface area contributed by atoms with Crippen LogP contribution in [0.2, 0.25) is 0 Å². The first-order valence-corrected chi connectivity index (χ1v) is 9.38. The summed E-state index contributed by atoms with van der Waals surface area (Å²) in [5.74, 6) is -0.117. The van der Waals surface area contributed by atoms with E-state index in [9.17, 15) is 9.90 Å². The van der Waals surface area contributed by atoms with E-state index in [-0.39, 0.29) is 0 Å². The van der Waals surface area contributed by atoms with Crippen LogP contribution in [0.25, 0.3) is 0 Å². The molecule has 2 aromatic carbocycles. The maximum absolute atomic E-state index is 11.8. The van der Waals surface area contributed by atoms with Gasteiger partial charge in [-0.2, -0.15) is 0 Å². The standard InChI is InChI=1S/C22H29NO4/c1-4-23(5-2)13-14-27-21-16-17(11-12-20(21)26-3)15-19(22(24)25)18-9-7-6-8-10-18/h6-12,16,19H,4-5,13-15H2,1-3H3,(H,24,25). The van der Waals surface area contributed by atoms with Gasteiger partial charge >= 0.3 is 5.97 Å². The Balaban J connectivity index is 2.14. The third-order valence-electron chi connectivity index (χ3n) is 4.73. The second kappa shape index (κ2) is 10.6. The van der Waals surface area contributed by atoms with Crippen molar-refractivity contribution in [1.82, 2.24) is 4.90 Å². The molecule has 0 fully saturated rings. The number of carboxylic acids is 1. The molecule has 1 atom stereocenters. The minimum Gasteiger partial charge on any atom is -0.493 e. The molecule has 1 N–H and O–H groups in total. The normalized spacial score (nSPS) is 12.0. The average Bonchev–Trinajstić information content (AvgIpc) is 2.70. The van der Waals surface area contributed by atoms with E-state index in [1.807, 2.05) is 48.5 Å². The predicted octanol–water partition coefficient (Wildman–Crippen LogP) is 3.83. The Morgan fingerprint density at radius 1 is 1.07 bits per heavy atom. The molecule has 1 unspecified atom stereocenters. The van der Waals surface area contributed by atoms with Gasteiger partial charge < -0.3 is 19.5 Å². The van der Waals surface area contributed by atoms with Gasteiger partial charge in [-0.05, 0) is 42.8 Å². The molecule has 2 rings (SSSR count). The zero-order valence-corrected chi connectivity index (χ0v) is 16.4. The van der Waals surface area contributed by atoms with Crippen LogP contribution in [0.15, 0.2) is 48.5 Å². The summed E-state index contributed by atoms with van der Waals surface area (Å²) >= 11 is 0. The van der Waals surface area contributed by atoms with Gasteiger partial charge in [-0.25, -0.2) is 0 Å². The number of carbonyl (C=O) groups is 1. The van der Waals surface area contributed by atoms with Gasteiger partial charge in [0.25, 0.3) is 0 Å². The highest BCUT2D eigenvalue weighted by molar-refractivity contribution is 5.76. The number of benzene rings is 2. The molecule has 0 saturated carbocycles. The van der Waals surface area contributed by atoms with Crippen LogP contribution in [0.3, 0.4) is 0 Å². The quantitative estimate of drug-likeness (QED) is 0.651. The van der Waals surface area contributed by atoms with E-state index in [0.717, 1.165) is 30.8 Å². The maximum atomic E-state index is 11.8. The lowest BCUT2D eigenvalue weighted by molar-refractivity contribution is -0.138. The lowest BCUT2D eigenvalue weighted by Crippen LogP contribution is -2.28. The van der Waals surface area contributed by atoms with Crippen LogP contribution in [-0.4, -0.2) is 49.3 Å². The van der Waals surface area contributed by atoms with Crippen LogP contribution in [-0.2, 0) is 11.2 Å². The molecule has 0 radical (unpaired) electrons. The summed E-state index contributed by atoms with van der Waals surface area (Å²) < 4.78 is 11.3. The van der Waals surface area contributed by atoms with Crippen LogP contribution in [0, 0.1) is 0 Å².